The molecule has 0 fully saturated rings. The fourth-order valence-corrected chi connectivity index (χ4v) is 3.15. The van der Waals surface area contributed by atoms with Crippen molar-refractivity contribution in [3.63, 3.8) is 0 Å². The van der Waals surface area contributed by atoms with Crippen molar-refractivity contribution in [3.05, 3.63) is 53.4 Å². The Morgan fingerprint density at radius 3 is 2.89 bits per heavy atom. The number of carbonyl (C=O) groups excluding carboxylic acids is 1. The summed E-state index contributed by atoms with van der Waals surface area (Å²) in [6.07, 6.45) is 2.49. The minimum Gasteiger partial charge on any atom is -0.350 e. The number of pyridine rings is 1. The lowest BCUT2D eigenvalue weighted by molar-refractivity contribution is 0.0949. The van der Waals surface area contributed by atoms with Crippen LogP contribution < -0.4 is 5.32 Å². The molecule has 1 amide bonds. The van der Waals surface area contributed by atoms with Crippen LogP contribution in [0, 0.1) is 13.8 Å². The second kappa shape index (κ2) is 6.67. The van der Waals surface area contributed by atoms with Gasteiger partial charge in [0.15, 0.2) is 5.65 Å². The molecule has 0 aliphatic rings. The fraction of sp³-hybridized carbons (Fsp3) is 0.278. The normalized spacial score (nSPS) is 11.2. The molecule has 0 aliphatic heterocycles. The van der Waals surface area contributed by atoms with Gasteiger partial charge in [-0.3, -0.25) is 19.0 Å². The SMILES string of the molecule is Cc1nn(C)c(C)c1-c1cc(C(=O)NCCc2nnc3ccccn23)[nH]n1. The van der Waals surface area contributed by atoms with Crippen molar-refractivity contribution in [1.82, 2.24) is 39.9 Å². The summed E-state index contributed by atoms with van der Waals surface area (Å²) in [4.78, 5) is 12.4. The van der Waals surface area contributed by atoms with Crippen molar-refractivity contribution in [2.75, 3.05) is 6.54 Å². The highest BCUT2D eigenvalue weighted by Gasteiger charge is 2.17. The van der Waals surface area contributed by atoms with E-state index in [-0.39, 0.29) is 5.91 Å². The standard InChI is InChI=1S/C18H20N8O/c1-11-17(12(2)25(3)24-11)13-10-14(21-20-13)18(27)19-8-7-16-23-22-15-6-4-5-9-26(15)16/h4-6,9-10H,7-8H2,1-3H3,(H,19,27)(H,20,21). The van der Waals surface area contributed by atoms with Crippen LogP contribution in [0.15, 0.2) is 30.5 Å². The lowest BCUT2D eigenvalue weighted by Gasteiger charge is -2.02. The van der Waals surface area contributed by atoms with Crippen molar-refractivity contribution >= 4 is 11.6 Å². The van der Waals surface area contributed by atoms with Crippen molar-refractivity contribution in [2.45, 2.75) is 20.3 Å². The highest BCUT2D eigenvalue weighted by Crippen LogP contribution is 2.25. The quantitative estimate of drug-likeness (QED) is 0.557. The second-order valence-electron chi connectivity index (χ2n) is 6.39. The van der Waals surface area contributed by atoms with Crippen LogP contribution in [0.3, 0.4) is 0 Å². The van der Waals surface area contributed by atoms with E-state index in [4.69, 9.17) is 0 Å². The number of nitrogens with one attached hydrogen (secondary N) is 2. The lowest BCUT2D eigenvalue weighted by atomic mass is 10.1. The van der Waals surface area contributed by atoms with E-state index in [2.05, 4.69) is 30.8 Å². The lowest BCUT2D eigenvalue weighted by Crippen LogP contribution is -2.26. The molecule has 2 N–H and O–H groups in total. The molecule has 0 unspecified atom stereocenters. The molecular weight excluding hydrogens is 344 g/mol. The number of hydrogen-bond donors (Lipinski definition) is 2. The number of aromatic nitrogens is 7. The van der Waals surface area contributed by atoms with Gasteiger partial charge in [-0.15, -0.1) is 10.2 Å². The zero-order valence-electron chi connectivity index (χ0n) is 15.4. The number of aromatic amines is 1. The van der Waals surface area contributed by atoms with Gasteiger partial charge in [-0.25, -0.2) is 0 Å². The molecule has 138 valence electrons. The molecule has 4 aromatic heterocycles. The van der Waals surface area contributed by atoms with Gasteiger partial charge in [0.1, 0.15) is 11.5 Å². The number of H-pyrrole nitrogens is 1. The van der Waals surface area contributed by atoms with Gasteiger partial charge in [-0.1, -0.05) is 6.07 Å². The predicted octanol–water partition coefficient (Wildman–Crippen LogP) is 1.44. The Bertz CT molecular complexity index is 1120. The molecule has 27 heavy (non-hydrogen) atoms. The summed E-state index contributed by atoms with van der Waals surface area (Å²) < 4.78 is 3.72. The molecule has 0 saturated carbocycles. The van der Waals surface area contributed by atoms with E-state index in [0.29, 0.717) is 24.4 Å². The third-order valence-corrected chi connectivity index (χ3v) is 4.61. The molecule has 0 aliphatic carbocycles. The zero-order valence-corrected chi connectivity index (χ0v) is 15.4. The summed E-state index contributed by atoms with van der Waals surface area (Å²) >= 11 is 0. The molecule has 0 aromatic carbocycles. The predicted molar refractivity (Wildman–Crippen MR) is 99.3 cm³/mol. The summed E-state index contributed by atoms with van der Waals surface area (Å²) in [5.74, 6) is 0.597. The van der Waals surface area contributed by atoms with Gasteiger partial charge in [0, 0.05) is 37.5 Å². The van der Waals surface area contributed by atoms with E-state index in [1.54, 1.807) is 6.07 Å². The van der Waals surface area contributed by atoms with Crippen LogP contribution in [0.4, 0.5) is 0 Å². The Morgan fingerprint density at radius 1 is 1.26 bits per heavy atom. The van der Waals surface area contributed by atoms with Gasteiger partial charge in [-0.05, 0) is 32.0 Å². The smallest absolute Gasteiger partial charge is 0.269 e. The van der Waals surface area contributed by atoms with E-state index < -0.39 is 0 Å². The van der Waals surface area contributed by atoms with Gasteiger partial charge < -0.3 is 5.32 Å². The third-order valence-electron chi connectivity index (χ3n) is 4.61. The molecule has 9 heteroatoms. The maximum Gasteiger partial charge on any atom is 0.269 e. The number of fused-ring (bicyclic) bond motifs is 1. The summed E-state index contributed by atoms with van der Waals surface area (Å²) in [6, 6.07) is 7.48. The molecule has 0 spiro atoms. The first kappa shape index (κ1) is 17.0. The van der Waals surface area contributed by atoms with E-state index in [0.717, 1.165) is 28.4 Å². The maximum atomic E-state index is 12.4. The van der Waals surface area contributed by atoms with Crippen LogP contribution in [0.25, 0.3) is 16.9 Å². The Balaban J connectivity index is 1.43. The highest BCUT2D eigenvalue weighted by atomic mass is 16.1. The van der Waals surface area contributed by atoms with E-state index in [1.165, 1.54) is 0 Å². The first-order valence-corrected chi connectivity index (χ1v) is 8.67. The molecule has 4 aromatic rings. The molecule has 0 radical (unpaired) electrons. The van der Waals surface area contributed by atoms with Crippen LogP contribution in [0.5, 0.6) is 0 Å². The second-order valence-corrected chi connectivity index (χ2v) is 6.39. The topological polar surface area (TPSA) is 106 Å². The molecule has 9 nitrogen and oxygen atoms in total. The Morgan fingerprint density at radius 2 is 2.11 bits per heavy atom. The molecular formula is C18H20N8O. The Kier molecular flexibility index (Phi) is 4.19. The van der Waals surface area contributed by atoms with Gasteiger partial charge in [0.05, 0.1) is 11.4 Å². The average Bonchev–Trinajstić information content (AvgIpc) is 3.34. The highest BCUT2D eigenvalue weighted by molar-refractivity contribution is 5.93. The summed E-state index contributed by atoms with van der Waals surface area (Å²) in [7, 11) is 1.89. The van der Waals surface area contributed by atoms with Crippen molar-refractivity contribution in [1.29, 1.82) is 0 Å². The first-order valence-electron chi connectivity index (χ1n) is 8.67. The number of aryl methyl sites for hydroxylation is 2. The number of carbonyl (C=O) groups is 1. The number of hydrogen-bond acceptors (Lipinski definition) is 5. The summed E-state index contributed by atoms with van der Waals surface area (Å²) in [5, 5.41) is 22.6. The Labute approximate surface area is 155 Å². The van der Waals surface area contributed by atoms with Crippen LogP contribution in [-0.2, 0) is 13.5 Å². The number of amides is 1. The van der Waals surface area contributed by atoms with E-state index in [9.17, 15) is 4.79 Å². The maximum absolute atomic E-state index is 12.4. The van der Waals surface area contributed by atoms with Crippen LogP contribution in [0.2, 0.25) is 0 Å². The van der Waals surface area contributed by atoms with E-state index in [1.807, 2.05) is 54.4 Å². The van der Waals surface area contributed by atoms with Gasteiger partial charge in [0.25, 0.3) is 5.91 Å². The first-order chi connectivity index (χ1) is 13.0. The number of rotatable bonds is 5. The van der Waals surface area contributed by atoms with Crippen LogP contribution >= 0.6 is 0 Å². The number of nitrogens with zero attached hydrogens (tertiary/aromatic N) is 6. The van der Waals surface area contributed by atoms with Crippen molar-refractivity contribution in [3.8, 4) is 11.3 Å². The van der Waals surface area contributed by atoms with E-state index >= 15 is 0 Å². The fourth-order valence-electron chi connectivity index (χ4n) is 3.15. The van der Waals surface area contributed by atoms with Crippen molar-refractivity contribution in [2.24, 2.45) is 7.05 Å². The minimum absolute atomic E-state index is 0.207. The molecule has 0 saturated heterocycles. The molecule has 0 bridgehead atoms. The zero-order chi connectivity index (χ0) is 19.0. The Hall–Kier alpha value is -3.49. The summed E-state index contributed by atoms with van der Waals surface area (Å²) in [6.45, 7) is 4.36. The van der Waals surface area contributed by atoms with Gasteiger partial charge in [0.2, 0.25) is 0 Å². The monoisotopic (exact) mass is 364 g/mol. The van der Waals surface area contributed by atoms with Crippen LogP contribution in [0.1, 0.15) is 27.7 Å². The van der Waals surface area contributed by atoms with Gasteiger partial charge in [-0.2, -0.15) is 10.2 Å². The molecule has 4 rings (SSSR count). The minimum atomic E-state index is -0.207. The van der Waals surface area contributed by atoms with Crippen molar-refractivity contribution < 1.29 is 4.79 Å². The van der Waals surface area contributed by atoms with Gasteiger partial charge >= 0.3 is 0 Å². The summed E-state index contributed by atoms with van der Waals surface area (Å²) in [5.41, 5.74) is 4.75. The molecule has 0 atom stereocenters. The third kappa shape index (κ3) is 3.07. The average molecular weight is 364 g/mol. The van der Waals surface area contributed by atoms with Crippen LogP contribution in [-0.4, -0.2) is 47.0 Å². The molecule has 4 heterocycles. The largest absolute Gasteiger partial charge is 0.350 e.